The lowest BCUT2D eigenvalue weighted by Gasteiger charge is -2.08. The lowest BCUT2D eigenvalue weighted by molar-refractivity contribution is 0.400. The summed E-state index contributed by atoms with van der Waals surface area (Å²) in [5, 5.41) is 10.3. The zero-order chi connectivity index (χ0) is 16.1. The Hall–Kier alpha value is -2.89. The van der Waals surface area contributed by atoms with Gasteiger partial charge in [0.05, 0.1) is 0 Å². The summed E-state index contributed by atoms with van der Waals surface area (Å²) in [6.45, 7) is 4.58. The Balaban J connectivity index is 1.63. The lowest BCUT2D eigenvalue weighted by atomic mass is 10.1. The molecule has 0 spiro atoms. The molecule has 0 unspecified atom stereocenters. The van der Waals surface area contributed by atoms with Crippen molar-refractivity contribution in [2.45, 2.75) is 20.3 Å². The van der Waals surface area contributed by atoms with Crippen LogP contribution < -0.4 is 10.6 Å². The highest BCUT2D eigenvalue weighted by molar-refractivity contribution is 5.51. The number of aryl methyl sites for hydroxylation is 2. The number of nitrogens with one attached hydrogen (secondary N) is 2. The number of nitrogens with zero attached hydrogens (tertiary/aromatic N) is 3. The number of benzene rings is 1. The van der Waals surface area contributed by atoms with Crippen molar-refractivity contribution in [1.82, 2.24) is 15.1 Å². The Morgan fingerprint density at radius 3 is 2.57 bits per heavy atom. The molecule has 0 aliphatic rings. The molecule has 0 saturated carbocycles. The Labute approximate surface area is 135 Å². The fourth-order valence-electron chi connectivity index (χ4n) is 2.23. The molecule has 23 heavy (non-hydrogen) atoms. The van der Waals surface area contributed by atoms with E-state index >= 15 is 0 Å². The first-order chi connectivity index (χ1) is 11.2. The van der Waals surface area contributed by atoms with Crippen molar-refractivity contribution in [3.05, 3.63) is 59.5 Å². The molecule has 0 atom stereocenters. The Bertz CT molecular complexity index is 770. The Morgan fingerprint density at radius 1 is 1.00 bits per heavy atom. The molecule has 2 heterocycles. The maximum absolute atomic E-state index is 5.03. The van der Waals surface area contributed by atoms with Crippen molar-refractivity contribution in [3.8, 4) is 0 Å². The third kappa shape index (κ3) is 4.29. The van der Waals surface area contributed by atoms with Crippen LogP contribution in [0.1, 0.15) is 17.0 Å². The van der Waals surface area contributed by atoms with Crippen LogP contribution in [-0.2, 0) is 6.42 Å². The molecule has 0 fully saturated rings. The number of hydrogen-bond acceptors (Lipinski definition) is 6. The molecule has 3 rings (SSSR count). The smallest absolute Gasteiger partial charge is 0.230 e. The zero-order valence-corrected chi connectivity index (χ0v) is 13.2. The monoisotopic (exact) mass is 309 g/mol. The van der Waals surface area contributed by atoms with Gasteiger partial charge in [0.1, 0.15) is 11.6 Å². The van der Waals surface area contributed by atoms with E-state index in [4.69, 9.17) is 4.52 Å². The van der Waals surface area contributed by atoms with Gasteiger partial charge in [-0.2, -0.15) is 4.98 Å². The first-order valence-corrected chi connectivity index (χ1v) is 7.53. The minimum atomic E-state index is 0.500. The molecule has 0 saturated heterocycles. The summed E-state index contributed by atoms with van der Waals surface area (Å²) >= 11 is 0. The molecule has 0 aliphatic carbocycles. The van der Waals surface area contributed by atoms with E-state index in [1.54, 1.807) is 6.07 Å². The minimum Gasteiger partial charge on any atom is -0.370 e. The van der Waals surface area contributed by atoms with Crippen molar-refractivity contribution < 1.29 is 4.52 Å². The molecule has 0 bridgehead atoms. The van der Waals surface area contributed by atoms with Gasteiger partial charge in [-0.05, 0) is 25.8 Å². The average molecular weight is 309 g/mol. The van der Waals surface area contributed by atoms with Crippen LogP contribution in [0.4, 0.5) is 17.6 Å². The Kier molecular flexibility index (Phi) is 4.52. The highest BCUT2D eigenvalue weighted by Crippen LogP contribution is 2.15. The van der Waals surface area contributed by atoms with Gasteiger partial charge in [-0.3, -0.25) is 0 Å². The van der Waals surface area contributed by atoms with E-state index in [0.29, 0.717) is 11.8 Å². The maximum Gasteiger partial charge on any atom is 0.230 e. The molecule has 2 N–H and O–H groups in total. The molecule has 1 aromatic carbocycles. The number of rotatable bonds is 6. The quantitative estimate of drug-likeness (QED) is 0.726. The minimum absolute atomic E-state index is 0.500. The normalized spacial score (nSPS) is 10.5. The molecule has 6 heteroatoms. The molecule has 0 aliphatic heterocycles. The third-order valence-electron chi connectivity index (χ3n) is 3.28. The van der Waals surface area contributed by atoms with Gasteiger partial charge in [-0.1, -0.05) is 35.5 Å². The number of anilines is 3. The fourth-order valence-corrected chi connectivity index (χ4v) is 2.23. The van der Waals surface area contributed by atoms with Gasteiger partial charge in [0.2, 0.25) is 5.95 Å². The molecule has 118 valence electrons. The summed E-state index contributed by atoms with van der Waals surface area (Å²) in [6, 6.07) is 14.1. The van der Waals surface area contributed by atoms with E-state index in [-0.39, 0.29) is 0 Å². The van der Waals surface area contributed by atoms with E-state index in [9.17, 15) is 0 Å². The van der Waals surface area contributed by atoms with Gasteiger partial charge >= 0.3 is 0 Å². The number of hydrogen-bond donors (Lipinski definition) is 2. The molecule has 2 aromatic heterocycles. The molecular formula is C17H19N5O. The number of aromatic nitrogens is 3. The van der Waals surface area contributed by atoms with Crippen molar-refractivity contribution >= 4 is 17.6 Å². The molecule has 3 aromatic rings. The summed E-state index contributed by atoms with van der Waals surface area (Å²) < 4.78 is 5.03. The second-order valence-electron chi connectivity index (χ2n) is 5.33. The second-order valence-corrected chi connectivity index (χ2v) is 5.33. The predicted octanol–water partition coefficient (Wildman–Crippen LogP) is 3.48. The standard InChI is InChI=1S/C17H19N5O/c1-12-10-15(18-9-8-14-6-4-3-5-7-14)20-17(19-12)21-16-11-13(2)23-22-16/h3-7,10-11H,8-9H2,1-2H3,(H2,18,19,20,21,22). The molecular weight excluding hydrogens is 290 g/mol. The van der Waals surface area contributed by atoms with Crippen LogP contribution in [0.25, 0.3) is 0 Å². The molecule has 0 radical (unpaired) electrons. The van der Waals surface area contributed by atoms with E-state index in [0.717, 1.165) is 30.2 Å². The molecule has 0 amide bonds. The van der Waals surface area contributed by atoms with Crippen molar-refractivity contribution in [2.75, 3.05) is 17.2 Å². The summed E-state index contributed by atoms with van der Waals surface area (Å²) in [5.74, 6) is 2.63. The van der Waals surface area contributed by atoms with Crippen LogP contribution in [0.15, 0.2) is 47.0 Å². The first-order valence-electron chi connectivity index (χ1n) is 7.53. The van der Waals surface area contributed by atoms with Gasteiger partial charge in [-0.25, -0.2) is 4.98 Å². The highest BCUT2D eigenvalue weighted by atomic mass is 16.5. The van der Waals surface area contributed by atoms with Gasteiger partial charge in [-0.15, -0.1) is 0 Å². The maximum atomic E-state index is 5.03. The summed E-state index contributed by atoms with van der Waals surface area (Å²) in [5.41, 5.74) is 2.17. The zero-order valence-electron chi connectivity index (χ0n) is 13.2. The Morgan fingerprint density at radius 2 is 1.83 bits per heavy atom. The average Bonchev–Trinajstić information content (AvgIpc) is 2.93. The van der Waals surface area contributed by atoms with E-state index in [1.807, 2.05) is 38.1 Å². The van der Waals surface area contributed by atoms with Crippen LogP contribution in [0.2, 0.25) is 0 Å². The lowest BCUT2D eigenvalue weighted by Crippen LogP contribution is -2.08. The molecule has 6 nitrogen and oxygen atoms in total. The van der Waals surface area contributed by atoms with E-state index < -0.39 is 0 Å². The van der Waals surface area contributed by atoms with Crippen molar-refractivity contribution in [1.29, 1.82) is 0 Å². The van der Waals surface area contributed by atoms with Crippen LogP contribution >= 0.6 is 0 Å². The van der Waals surface area contributed by atoms with Crippen molar-refractivity contribution in [3.63, 3.8) is 0 Å². The van der Waals surface area contributed by atoms with Gasteiger partial charge in [0.25, 0.3) is 0 Å². The first kappa shape index (κ1) is 15.0. The summed E-state index contributed by atoms with van der Waals surface area (Å²) in [4.78, 5) is 8.82. The van der Waals surface area contributed by atoms with Crippen LogP contribution in [0, 0.1) is 13.8 Å². The highest BCUT2D eigenvalue weighted by Gasteiger charge is 2.05. The SMILES string of the molecule is Cc1cc(NCCc2ccccc2)nc(Nc2cc(C)on2)n1. The largest absolute Gasteiger partial charge is 0.370 e. The van der Waals surface area contributed by atoms with Gasteiger partial charge < -0.3 is 15.2 Å². The van der Waals surface area contributed by atoms with E-state index in [1.165, 1.54) is 5.56 Å². The van der Waals surface area contributed by atoms with Crippen LogP contribution in [-0.4, -0.2) is 21.7 Å². The summed E-state index contributed by atoms with van der Waals surface area (Å²) in [6.07, 6.45) is 0.940. The van der Waals surface area contributed by atoms with Crippen LogP contribution in [0.5, 0.6) is 0 Å². The predicted molar refractivity (Wildman–Crippen MR) is 89.9 cm³/mol. The van der Waals surface area contributed by atoms with Gasteiger partial charge in [0, 0.05) is 24.4 Å². The van der Waals surface area contributed by atoms with Gasteiger partial charge in [0.15, 0.2) is 5.82 Å². The van der Waals surface area contributed by atoms with Crippen molar-refractivity contribution in [2.24, 2.45) is 0 Å². The fraction of sp³-hybridized carbons (Fsp3) is 0.235. The van der Waals surface area contributed by atoms with Crippen LogP contribution in [0.3, 0.4) is 0 Å². The topological polar surface area (TPSA) is 75.9 Å². The van der Waals surface area contributed by atoms with E-state index in [2.05, 4.69) is 37.9 Å². The summed E-state index contributed by atoms with van der Waals surface area (Å²) in [7, 11) is 0. The third-order valence-corrected chi connectivity index (χ3v) is 3.28. The second kappa shape index (κ2) is 6.91.